The largest absolute Gasteiger partial charge is 0.459 e. The number of furan rings is 1. The first kappa shape index (κ1) is 14.3. The van der Waals surface area contributed by atoms with E-state index >= 15 is 0 Å². The van der Waals surface area contributed by atoms with Gasteiger partial charge in [0.1, 0.15) is 0 Å². The standard InChI is InChI=1S/C15H11BrN4O2/c16-10-3-1-4-11(9-10)17-13-6-7-14(20-19-13)18-15(21)12-5-2-8-22-12/h1-9H,(H,17,19)(H,18,20,21). The molecule has 0 aliphatic heterocycles. The molecule has 0 fully saturated rings. The Kier molecular flexibility index (Phi) is 4.15. The Hall–Kier alpha value is -2.67. The van der Waals surface area contributed by atoms with Crippen molar-refractivity contribution in [3.8, 4) is 0 Å². The lowest BCUT2D eigenvalue weighted by atomic mass is 10.3. The minimum atomic E-state index is -0.369. The van der Waals surface area contributed by atoms with E-state index in [1.807, 2.05) is 24.3 Å². The highest BCUT2D eigenvalue weighted by Gasteiger charge is 2.09. The summed E-state index contributed by atoms with van der Waals surface area (Å²) in [7, 11) is 0. The third-order valence-corrected chi connectivity index (χ3v) is 3.24. The third-order valence-electron chi connectivity index (χ3n) is 2.75. The zero-order chi connectivity index (χ0) is 15.4. The van der Waals surface area contributed by atoms with Crippen molar-refractivity contribution in [3.05, 3.63) is 65.0 Å². The Balaban J connectivity index is 1.66. The van der Waals surface area contributed by atoms with Gasteiger partial charge in [-0.2, -0.15) is 0 Å². The fourth-order valence-corrected chi connectivity index (χ4v) is 2.16. The van der Waals surface area contributed by atoms with Crippen molar-refractivity contribution in [1.82, 2.24) is 10.2 Å². The average Bonchev–Trinajstić information content (AvgIpc) is 3.04. The van der Waals surface area contributed by atoms with Crippen LogP contribution in [0.15, 0.2) is 63.7 Å². The summed E-state index contributed by atoms with van der Waals surface area (Å²) in [5.41, 5.74) is 0.885. The van der Waals surface area contributed by atoms with Crippen molar-refractivity contribution >= 4 is 39.2 Å². The normalized spacial score (nSPS) is 10.2. The monoisotopic (exact) mass is 358 g/mol. The molecule has 1 aromatic carbocycles. The van der Waals surface area contributed by atoms with E-state index in [9.17, 15) is 4.79 Å². The molecule has 2 aromatic heterocycles. The molecule has 2 N–H and O–H groups in total. The van der Waals surface area contributed by atoms with Gasteiger partial charge in [0.05, 0.1) is 6.26 Å². The number of halogens is 1. The van der Waals surface area contributed by atoms with Crippen LogP contribution in [0, 0.1) is 0 Å². The van der Waals surface area contributed by atoms with Gasteiger partial charge in [0.15, 0.2) is 17.4 Å². The van der Waals surface area contributed by atoms with Gasteiger partial charge in [-0.05, 0) is 42.5 Å². The molecule has 0 radical (unpaired) electrons. The number of carbonyl (C=O) groups excluding carboxylic acids is 1. The maximum atomic E-state index is 11.8. The van der Waals surface area contributed by atoms with Gasteiger partial charge in [-0.3, -0.25) is 4.79 Å². The van der Waals surface area contributed by atoms with Crippen molar-refractivity contribution in [1.29, 1.82) is 0 Å². The van der Waals surface area contributed by atoms with Gasteiger partial charge < -0.3 is 15.1 Å². The molecular formula is C15H11BrN4O2. The minimum Gasteiger partial charge on any atom is -0.459 e. The summed E-state index contributed by atoms with van der Waals surface area (Å²) in [5.74, 6) is 0.778. The number of hydrogen-bond donors (Lipinski definition) is 2. The molecule has 0 saturated heterocycles. The maximum Gasteiger partial charge on any atom is 0.292 e. The number of anilines is 3. The van der Waals surface area contributed by atoms with Crippen molar-refractivity contribution in [3.63, 3.8) is 0 Å². The van der Waals surface area contributed by atoms with Gasteiger partial charge in [0.2, 0.25) is 0 Å². The number of nitrogens with zero attached hydrogens (tertiary/aromatic N) is 2. The Labute approximate surface area is 134 Å². The van der Waals surface area contributed by atoms with Gasteiger partial charge in [-0.1, -0.05) is 22.0 Å². The summed E-state index contributed by atoms with van der Waals surface area (Å²) in [6.45, 7) is 0. The molecular weight excluding hydrogens is 348 g/mol. The van der Waals surface area contributed by atoms with E-state index < -0.39 is 0 Å². The molecule has 110 valence electrons. The highest BCUT2D eigenvalue weighted by molar-refractivity contribution is 9.10. The lowest BCUT2D eigenvalue weighted by Gasteiger charge is -2.06. The van der Waals surface area contributed by atoms with E-state index in [1.165, 1.54) is 6.26 Å². The fourth-order valence-electron chi connectivity index (χ4n) is 1.77. The van der Waals surface area contributed by atoms with E-state index in [0.717, 1.165) is 10.2 Å². The molecule has 0 aliphatic carbocycles. The molecule has 6 nitrogen and oxygen atoms in total. The molecule has 3 rings (SSSR count). The van der Waals surface area contributed by atoms with E-state index in [1.54, 1.807) is 24.3 Å². The summed E-state index contributed by atoms with van der Waals surface area (Å²) < 4.78 is 5.97. The molecule has 2 heterocycles. The first-order chi connectivity index (χ1) is 10.7. The average molecular weight is 359 g/mol. The number of benzene rings is 1. The van der Waals surface area contributed by atoms with E-state index in [2.05, 4.69) is 36.8 Å². The van der Waals surface area contributed by atoms with E-state index in [-0.39, 0.29) is 11.7 Å². The van der Waals surface area contributed by atoms with Crippen LogP contribution in [-0.2, 0) is 0 Å². The van der Waals surface area contributed by atoms with Gasteiger partial charge >= 0.3 is 0 Å². The molecule has 0 bridgehead atoms. The number of nitrogens with one attached hydrogen (secondary N) is 2. The molecule has 22 heavy (non-hydrogen) atoms. The molecule has 0 saturated carbocycles. The Bertz CT molecular complexity index is 773. The topological polar surface area (TPSA) is 80.0 Å². The summed E-state index contributed by atoms with van der Waals surface area (Å²) in [6.07, 6.45) is 1.44. The molecule has 0 atom stereocenters. The van der Waals surface area contributed by atoms with Gasteiger partial charge in [0, 0.05) is 10.2 Å². The molecule has 1 amide bonds. The van der Waals surface area contributed by atoms with Crippen LogP contribution in [-0.4, -0.2) is 16.1 Å². The summed E-state index contributed by atoms with van der Waals surface area (Å²) in [5, 5.41) is 13.7. The minimum absolute atomic E-state index is 0.220. The number of carbonyl (C=O) groups is 1. The smallest absolute Gasteiger partial charge is 0.292 e. The Morgan fingerprint density at radius 1 is 1.05 bits per heavy atom. The fraction of sp³-hybridized carbons (Fsp3) is 0. The van der Waals surface area contributed by atoms with Gasteiger partial charge in [-0.15, -0.1) is 10.2 Å². The number of rotatable bonds is 4. The second-order valence-corrected chi connectivity index (χ2v) is 5.29. The van der Waals surface area contributed by atoms with Crippen LogP contribution < -0.4 is 10.6 Å². The number of aromatic nitrogens is 2. The summed E-state index contributed by atoms with van der Waals surface area (Å²) >= 11 is 3.40. The predicted octanol–water partition coefficient (Wildman–Crippen LogP) is 3.83. The zero-order valence-electron chi connectivity index (χ0n) is 11.3. The molecule has 0 unspecified atom stereocenters. The molecule has 7 heteroatoms. The Morgan fingerprint density at radius 3 is 2.55 bits per heavy atom. The second kappa shape index (κ2) is 6.40. The van der Waals surface area contributed by atoms with Crippen molar-refractivity contribution in [2.45, 2.75) is 0 Å². The highest BCUT2D eigenvalue weighted by Crippen LogP contribution is 2.19. The lowest BCUT2D eigenvalue weighted by molar-refractivity contribution is 0.0996. The van der Waals surface area contributed by atoms with E-state index in [0.29, 0.717) is 11.6 Å². The SMILES string of the molecule is O=C(Nc1ccc(Nc2cccc(Br)c2)nn1)c1ccco1. The van der Waals surface area contributed by atoms with Crippen molar-refractivity contribution in [2.75, 3.05) is 10.6 Å². The summed E-state index contributed by atoms with van der Waals surface area (Å²) in [4.78, 5) is 11.8. The van der Waals surface area contributed by atoms with Crippen molar-refractivity contribution < 1.29 is 9.21 Å². The zero-order valence-corrected chi connectivity index (χ0v) is 12.9. The van der Waals surface area contributed by atoms with Crippen LogP contribution in [0.3, 0.4) is 0 Å². The molecule has 3 aromatic rings. The molecule has 0 spiro atoms. The van der Waals surface area contributed by atoms with E-state index in [4.69, 9.17) is 4.42 Å². The number of hydrogen-bond acceptors (Lipinski definition) is 5. The van der Waals surface area contributed by atoms with Gasteiger partial charge in [-0.25, -0.2) is 0 Å². The Morgan fingerprint density at radius 2 is 1.86 bits per heavy atom. The van der Waals surface area contributed by atoms with Crippen LogP contribution in [0.25, 0.3) is 0 Å². The van der Waals surface area contributed by atoms with Crippen LogP contribution >= 0.6 is 15.9 Å². The first-order valence-electron chi connectivity index (χ1n) is 6.42. The lowest BCUT2D eigenvalue weighted by Crippen LogP contribution is -2.12. The van der Waals surface area contributed by atoms with Crippen LogP contribution in [0.4, 0.5) is 17.3 Å². The molecule has 0 aliphatic rings. The number of amides is 1. The quantitative estimate of drug-likeness (QED) is 0.740. The first-order valence-corrected chi connectivity index (χ1v) is 7.21. The van der Waals surface area contributed by atoms with Crippen LogP contribution in [0.2, 0.25) is 0 Å². The van der Waals surface area contributed by atoms with Gasteiger partial charge in [0.25, 0.3) is 5.91 Å². The van der Waals surface area contributed by atoms with Crippen molar-refractivity contribution in [2.24, 2.45) is 0 Å². The summed E-state index contributed by atoms with van der Waals surface area (Å²) in [6, 6.07) is 14.3. The predicted molar refractivity (Wildman–Crippen MR) is 86.1 cm³/mol. The third kappa shape index (κ3) is 3.50. The van der Waals surface area contributed by atoms with Crippen LogP contribution in [0.1, 0.15) is 10.6 Å². The highest BCUT2D eigenvalue weighted by atomic mass is 79.9. The maximum absolute atomic E-state index is 11.8. The second-order valence-electron chi connectivity index (χ2n) is 4.37. The van der Waals surface area contributed by atoms with Crippen LogP contribution in [0.5, 0.6) is 0 Å².